The van der Waals surface area contributed by atoms with Crippen molar-refractivity contribution >= 4 is 22.9 Å². The zero-order chi connectivity index (χ0) is 12.3. The third-order valence-electron chi connectivity index (χ3n) is 3.46. The maximum Gasteiger partial charge on any atom is 0.0931 e. The summed E-state index contributed by atoms with van der Waals surface area (Å²) in [4.78, 5) is 3.77. The summed E-state index contributed by atoms with van der Waals surface area (Å²) in [5.41, 5.74) is 0. The van der Waals surface area contributed by atoms with E-state index in [1.807, 2.05) is 6.07 Å². The molecule has 4 heteroatoms. The first-order valence-corrected chi connectivity index (χ1v) is 7.54. The Labute approximate surface area is 113 Å². The fourth-order valence-corrected chi connectivity index (χ4v) is 3.48. The zero-order valence-corrected chi connectivity index (χ0v) is 12.2. The van der Waals surface area contributed by atoms with Crippen molar-refractivity contribution in [3.8, 4) is 0 Å². The molecule has 0 spiro atoms. The van der Waals surface area contributed by atoms with E-state index in [1.54, 1.807) is 11.3 Å². The lowest BCUT2D eigenvalue weighted by Gasteiger charge is -2.21. The third-order valence-corrected chi connectivity index (χ3v) is 4.87. The molecule has 0 radical (unpaired) electrons. The van der Waals surface area contributed by atoms with Gasteiger partial charge in [0.15, 0.2) is 0 Å². The molecule has 1 aliphatic rings. The molecule has 96 valence electrons. The summed E-state index contributed by atoms with van der Waals surface area (Å²) in [7, 11) is 2.21. The molecule has 0 saturated carbocycles. The Bertz CT molecular complexity index is 353. The zero-order valence-electron chi connectivity index (χ0n) is 10.6. The van der Waals surface area contributed by atoms with Crippen LogP contribution in [0.15, 0.2) is 12.1 Å². The maximum absolute atomic E-state index is 5.98. The number of halogens is 1. The SMILES string of the molecule is CC(NC1CCCN(C)CC1)c1ccc(Cl)s1. The van der Waals surface area contributed by atoms with Crippen LogP contribution in [-0.4, -0.2) is 31.1 Å². The monoisotopic (exact) mass is 272 g/mol. The molecular formula is C13H21ClN2S. The first-order valence-electron chi connectivity index (χ1n) is 6.35. The van der Waals surface area contributed by atoms with Crippen molar-refractivity contribution in [1.29, 1.82) is 0 Å². The highest BCUT2D eigenvalue weighted by molar-refractivity contribution is 7.16. The van der Waals surface area contributed by atoms with Crippen molar-refractivity contribution in [2.45, 2.75) is 38.3 Å². The average molecular weight is 273 g/mol. The van der Waals surface area contributed by atoms with E-state index < -0.39 is 0 Å². The number of hydrogen-bond donors (Lipinski definition) is 1. The maximum atomic E-state index is 5.98. The quantitative estimate of drug-likeness (QED) is 0.906. The molecule has 0 aliphatic carbocycles. The van der Waals surface area contributed by atoms with Crippen LogP contribution in [0.5, 0.6) is 0 Å². The highest BCUT2D eigenvalue weighted by atomic mass is 35.5. The molecule has 2 atom stereocenters. The molecule has 2 rings (SSSR count). The topological polar surface area (TPSA) is 15.3 Å². The number of likely N-dealkylation sites (tertiary alicyclic amines) is 1. The molecule has 1 saturated heterocycles. The summed E-state index contributed by atoms with van der Waals surface area (Å²) in [6, 6.07) is 5.19. The van der Waals surface area contributed by atoms with Crippen LogP contribution in [0, 0.1) is 0 Å². The Morgan fingerprint density at radius 1 is 1.41 bits per heavy atom. The van der Waals surface area contributed by atoms with Crippen molar-refractivity contribution in [3.63, 3.8) is 0 Å². The van der Waals surface area contributed by atoms with E-state index in [-0.39, 0.29) is 0 Å². The second-order valence-corrected chi connectivity index (χ2v) is 6.71. The van der Waals surface area contributed by atoms with Gasteiger partial charge in [-0.1, -0.05) is 11.6 Å². The van der Waals surface area contributed by atoms with Crippen LogP contribution in [0.25, 0.3) is 0 Å². The Kier molecular flexibility index (Phi) is 4.86. The minimum atomic E-state index is 0.418. The summed E-state index contributed by atoms with van der Waals surface area (Å²) in [6.07, 6.45) is 3.83. The van der Waals surface area contributed by atoms with Crippen LogP contribution in [-0.2, 0) is 0 Å². The van der Waals surface area contributed by atoms with Gasteiger partial charge in [-0.25, -0.2) is 0 Å². The molecule has 17 heavy (non-hydrogen) atoms. The normalized spacial score (nSPS) is 24.5. The van der Waals surface area contributed by atoms with E-state index in [4.69, 9.17) is 11.6 Å². The standard InChI is InChI=1S/C13H21ClN2S/c1-10(12-5-6-13(14)17-12)15-11-4-3-8-16(2)9-7-11/h5-6,10-11,15H,3-4,7-9H2,1-2H3. The van der Waals surface area contributed by atoms with E-state index in [1.165, 1.54) is 37.2 Å². The fourth-order valence-electron chi connectivity index (χ4n) is 2.40. The highest BCUT2D eigenvalue weighted by Crippen LogP contribution is 2.27. The van der Waals surface area contributed by atoms with Gasteiger partial charge in [-0.05, 0) is 58.5 Å². The van der Waals surface area contributed by atoms with Crippen LogP contribution in [0.1, 0.15) is 37.1 Å². The molecule has 1 N–H and O–H groups in total. The van der Waals surface area contributed by atoms with Crippen molar-refractivity contribution in [1.82, 2.24) is 10.2 Å². The van der Waals surface area contributed by atoms with Crippen LogP contribution in [0.2, 0.25) is 4.34 Å². The molecule has 1 aromatic rings. The van der Waals surface area contributed by atoms with E-state index in [0.29, 0.717) is 12.1 Å². The molecule has 0 bridgehead atoms. The molecule has 2 heterocycles. The van der Waals surface area contributed by atoms with E-state index in [9.17, 15) is 0 Å². The third kappa shape index (κ3) is 3.95. The van der Waals surface area contributed by atoms with Crippen molar-refractivity contribution < 1.29 is 0 Å². The second kappa shape index (κ2) is 6.19. The van der Waals surface area contributed by atoms with Gasteiger partial charge >= 0.3 is 0 Å². The van der Waals surface area contributed by atoms with Gasteiger partial charge in [0.2, 0.25) is 0 Å². The van der Waals surface area contributed by atoms with Gasteiger partial charge < -0.3 is 10.2 Å². The molecule has 1 fully saturated rings. The second-order valence-electron chi connectivity index (χ2n) is 4.96. The lowest BCUT2D eigenvalue weighted by Crippen LogP contribution is -2.32. The number of nitrogens with one attached hydrogen (secondary N) is 1. The molecule has 0 aromatic carbocycles. The van der Waals surface area contributed by atoms with Crippen molar-refractivity contribution in [2.75, 3.05) is 20.1 Å². The number of rotatable bonds is 3. The lowest BCUT2D eigenvalue weighted by molar-refractivity contribution is 0.340. The summed E-state index contributed by atoms with van der Waals surface area (Å²) in [5.74, 6) is 0. The number of nitrogens with zero attached hydrogens (tertiary/aromatic N) is 1. The molecule has 1 aliphatic heterocycles. The van der Waals surface area contributed by atoms with Crippen molar-refractivity contribution in [3.05, 3.63) is 21.3 Å². The smallest absolute Gasteiger partial charge is 0.0931 e. The van der Waals surface area contributed by atoms with E-state index in [0.717, 1.165) is 4.34 Å². The van der Waals surface area contributed by atoms with Gasteiger partial charge in [0.25, 0.3) is 0 Å². The van der Waals surface area contributed by atoms with Gasteiger partial charge in [0, 0.05) is 17.0 Å². The van der Waals surface area contributed by atoms with E-state index in [2.05, 4.69) is 30.3 Å². The summed E-state index contributed by atoms with van der Waals surface area (Å²) >= 11 is 7.66. The first-order chi connectivity index (χ1) is 8.15. The lowest BCUT2D eigenvalue weighted by atomic mass is 10.1. The van der Waals surface area contributed by atoms with Gasteiger partial charge in [-0.2, -0.15) is 0 Å². The summed E-state index contributed by atoms with van der Waals surface area (Å²) in [6.45, 7) is 4.67. The summed E-state index contributed by atoms with van der Waals surface area (Å²) in [5, 5.41) is 3.73. The van der Waals surface area contributed by atoms with E-state index >= 15 is 0 Å². The Morgan fingerprint density at radius 3 is 2.94 bits per heavy atom. The van der Waals surface area contributed by atoms with Crippen LogP contribution < -0.4 is 5.32 Å². The Balaban J connectivity index is 1.87. The largest absolute Gasteiger partial charge is 0.307 e. The van der Waals surface area contributed by atoms with Crippen LogP contribution in [0.3, 0.4) is 0 Å². The van der Waals surface area contributed by atoms with Gasteiger partial charge in [0.05, 0.1) is 4.34 Å². The Morgan fingerprint density at radius 2 is 2.24 bits per heavy atom. The number of hydrogen-bond acceptors (Lipinski definition) is 3. The predicted molar refractivity (Wildman–Crippen MR) is 76.0 cm³/mol. The minimum Gasteiger partial charge on any atom is -0.307 e. The molecule has 2 nitrogen and oxygen atoms in total. The minimum absolute atomic E-state index is 0.418. The molecule has 0 amide bonds. The van der Waals surface area contributed by atoms with Gasteiger partial charge in [0.1, 0.15) is 0 Å². The number of thiophene rings is 1. The summed E-state index contributed by atoms with van der Waals surface area (Å²) < 4.78 is 0.884. The predicted octanol–water partition coefficient (Wildman–Crippen LogP) is 3.54. The first kappa shape index (κ1) is 13.3. The molecule has 2 unspecified atom stereocenters. The van der Waals surface area contributed by atoms with Crippen LogP contribution >= 0.6 is 22.9 Å². The molecular weight excluding hydrogens is 252 g/mol. The highest BCUT2D eigenvalue weighted by Gasteiger charge is 2.17. The van der Waals surface area contributed by atoms with Gasteiger partial charge in [-0.15, -0.1) is 11.3 Å². The van der Waals surface area contributed by atoms with Gasteiger partial charge in [-0.3, -0.25) is 0 Å². The Hall–Kier alpha value is -0.0900. The van der Waals surface area contributed by atoms with Crippen LogP contribution in [0.4, 0.5) is 0 Å². The average Bonchev–Trinajstić information content (AvgIpc) is 2.62. The molecule has 1 aromatic heterocycles. The fraction of sp³-hybridized carbons (Fsp3) is 0.692. The van der Waals surface area contributed by atoms with Crippen molar-refractivity contribution in [2.24, 2.45) is 0 Å².